The van der Waals surface area contributed by atoms with Crippen LogP contribution in [0.2, 0.25) is 0 Å². The lowest BCUT2D eigenvalue weighted by molar-refractivity contribution is 0.0967. The fraction of sp³-hybridized carbons (Fsp3) is 0.200. The summed E-state index contributed by atoms with van der Waals surface area (Å²) in [5.74, 6) is -0.230. The van der Waals surface area contributed by atoms with E-state index in [1.54, 1.807) is 5.01 Å². The SMILES string of the molecule is C=NN(CC1Cc2cccc(C)c2C(=O)N1c1ccccc1C)c1ncnc(N)c1Cc1cc(O)cc(F)c1. The molecule has 1 aliphatic heterocycles. The van der Waals surface area contributed by atoms with Gasteiger partial charge >= 0.3 is 0 Å². The first-order chi connectivity index (χ1) is 18.8. The number of hydrazone groups is 1. The predicted octanol–water partition coefficient (Wildman–Crippen LogP) is 4.80. The lowest BCUT2D eigenvalue weighted by atomic mass is 9.89. The third kappa shape index (κ3) is 5.03. The third-order valence-corrected chi connectivity index (χ3v) is 7.07. The number of nitrogens with zero attached hydrogens (tertiary/aromatic N) is 5. The zero-order valence-electron chi connectivity index (χ0n) is 21.8. The Morgan fingerprint density at radius 3 is 2.64 bits per heavy atom. The minimum Gasteiger partial charge on any atom is -0.508 e. The number of hydrogen-bond acceptors (Lipinski definition) is 7. The average Bonchev–Trinajstić information content (AvgIpc) is 2.89. The van der Waals surface area contributed by atoms with Crippen molar-refractivity contribution >= 4 is 29.9 Å². The summed E-state index contributed by atoms with van der Waals surface area (Å²) in [6, 6.07) is 17.2. The average molecular weight is 525 g/mol. The largest absolute Gasteiger partial charge is 0.508 e. The van der Waals surface area contributed by atoms with Gasteiger partial charge in [0, 0.05) is 36.0 Å². The van der Waals surface area contributed by atoms with Crippen molar-refractivity contribution in [1.29, 1.82) is 0 Å². The van der Waals surface area contributed by atoms with Crippen LogP contribution in [0, 0.1) is 19.7 Å². The molecule has 5 rings (SSSR count). The number of benzene rings is 3. The van der Waals surface area contributed by atoms with Crippen LogP contribution >= 0.6 is 0 Å². The Labute approximate surface area is 226 Å². The van der Waals surface area contributed by atoms with E-state index in [0.29, 0.717) is 28.9 Å². The van der Waals surface area contributed by atoms with Crippen molar-refractivity contribution in [3.63, 3.8) is 0 Å². The van der Waals surface area contributed by atoms with Crippen LogP contribution in [0.4, 0.5) is 21.7 Å². The van der Waals surface area contributed by atoms with Crippen LogP contribution in [0.5, 0.6) is 5.75 Å². The number of phenols is 1. The Kier molecular flexibility index (Phi) is 6.98. The van der Waals surface area contributed by atoms with Gasteiger partial charge in [0.1, 0.15) is 23.7 Å². The van der Waals surface area contributed by atoms with E-state index >= 15 is 0 Å². The first-order valence-electron chi connectivity index (χ1n) is 12.6. The first kappa shape index (κ1) is 25.8. The summed E-state index contributed by atoms with van der Waals surface area (Å²) in [6.45, 7) is 7.98. The lowest BCUT2D eigenvalue weighted by Crippen LogP contribution is -2.51. The number of aryl methyl sites for hydroxylation is 2. The number of aromatic hydroxyl groups is 1. The number of carbonyl (C=O) groups excluding carboxylic acids is 1. The quantitative estimate of drug-likeness (QED) is 0.266. The van der Waals surface area contributed by atoms with Crippen molar-refractivity contribution in [2.24, 2.45) is 5.10 Å². The monoisotopic (exact) mass is 524 g/mol. The molecule has 0 radical (unpaired) electrons. The van der Waals surface area contributed by atoms with Crippen LogP contribution < -0.4 is 15.6 Å². The molecule has 3 aromatic carbocycles. The van der Waals surface area contributed by atoms with Gasteiger partial charge in [-0.05, 0) is 60.7 Å². The van der Waals surface area contributed by atoms with E-state index in [4.69, 9.17) is 5.73 Å². The van der Waals surface area contributed by atoms with Gasteiger partial charge in [0.15, 0.2) is 5.82 Å². The van der Waals surface area contributed by atoms with Crippen LogP contribution in [0.25, 0.3) is 0 Å². The van der Waals surface area contributed by atoms with Crippen molar-refractivity contribution in [2.45, 2.75) is 32.7 Å². The molecule has 1 aliphatic rings. The van der Waals surface area contributed by atoms with E-state index < -0.39 is 5.82 Å². The Bertz CT molecular complexity index is 1550. The summed E-state index contributed by atoms with van der Waals surface area (Å²) in [7, 11) is 0. The van der Waals surface area contributed by atoms with E-state index in [1.807, 2.05) is 61.2 Å². The molecule has 0 saturated carbocycles. The number of para-hydroxylation sites is 1. The van der Waals surface area contributed by atoms with Crippen LogP contribution in [-0.2, 0) is 12.8 Å². The third-order valence-electron chi connectivity index (χ3n) is 7.07. The molecule has 0 saturated heterocycles. The minimum absolute atomic E-state index is 0.0738. The molecule has 8 nitrogen and oxygen atoms in total. The number of hydrogen-bond donors (Lipinski definition) is 2. The Morgan fingerprint density at radius 2 is 1.90 bits per heavy atom. The fourth-order valence-corrected chi connectivity index (χ4v) is 5.28. The molecule has 3 N–H and O–H groups in total. The number of aromatic nitrogens is 2. The second kappa shape index (κ2) is 10.5. The van der Waals surface area contributed by atoms with Gasteiger partial charge in [-0.2, -0.15) is 5.10 Å². The van der Waals surface area contributed by atoms with Crippen LogP contribution in [0.3, 0.4) is 0 Å². The zero-order valence-corrected chi connectivity index (χ0v) is 21.8. The number of nitrogens with two attached hydrogens (primary N) is 1. The van der Waals surface area contributed by atoms with Gasteiger partial charge in [0.05, 0.1) is 12.6 Å². The Morgan fingerprint density at radius 1 is 1.13 bits per heavy atom. The molecule has 0 aliphatic carbocycles. The smallest absolute Gasteiger partial charge is 0.259 e. The van der Waals surface area contributed by atoms with Gasteiger partial charge in [-0.25, -0.2) is 19.4 Å². The van der Waals surface area contributed by atoms with Gasteiger partial charge in [0.25, 0.3) is 5.91 Å². The lowest BCUT2D eigenvalue weighted by Gasteiger charge is -2.39. The summed E-state index contributed by atoms with van der Waals surface area (Å²) < 4.78 is 14.0. The van der Waals surface area contributed by atoms with E-state index in [2.05, 4.69) is 21.8 Å². The molecule has 0 spiro atoms. The van der Waals surface area contributed by atoms with Crippen molar-refractivity contribution in [3.05, 3.63) is 106 Å². The molecule has 1 atom stereocenters. The number of amides is 1. The van der Waals surface area contributed by atoms with Crippen LogP contribution in [-0.4, -0.2) is 40.3 Å². The number of fused-ring (bicyclic) bond motifs is 1. The molecular formula is C30H29FN6O2. The highest BCUT2D eigenvalue weighted by molar-refractivity contribution is 6.10. The van der Waals surface area contributed by atoms with Crippen molar-refractivity contribution < 1.29 is 14.3 Å². The molecule has 39 heavy (non-hydrogen) atoms. The highest BCUT2D eigenvalue weighted by Crippen LogP contribution is 2.34. The zero-order chi connectivity index (χ0) is 27.7. The van der Waals surface area contributed by atoms with Gasteiger partial charge in [-0.1, -0.05) is 36.4 Å². The molecule has 0 fully saturated rings. The van der Waals surface area contributed by atoms with E-state index in [0.717, 1.165) is 28.4 Å². The number of phenolic OH excluding ortho intramolecular Hbond substituents is 1. The molecule has 0 bridgehead atoms. The van der Waals surface area contributed by atoms with E-state index in [-0.39, 0.29) is 36.5 Å². The van der Waals surface area contributed by atoms with Gasteiger partial charge in [0.2, 0.25) is 0 Å². The maximum Gasteiger partial charge on any atom is 0.259 e. The fourth-order valence-electron chi connectivity index (χ4n) is 5.28. The maximum absolute atomic E-state index is 14.0. The molecule has 2 heterocycles. The van der Waals surface area contributed by atoms with Gasteiger partial charge < -0.3 is 15.7 Å². The topological polar surface area (TPSA) is 108 Å². The minimum atomic E-state index is -0.566. The number of carbonyl (C=O) groups is 1. The van der Waals surface area contributed by atoms with Crippen molar-refractivity contribution in [2.75, 3.05) is 22.2 Å². The summed E-state index contributed by atoms with van der Waals surface area (Å²) in [6.07, 6.45) is 2.09. The highest BCUT2D eigenvalue weighted by atomic mass is 19.1. The maximum atomic E-state index is 14.0. The van der Waals surface area contributed by atoms with Gasteiger partial charge in [-0.3, -0.25) is 4.79 Å². The van der Waals surface area contributed by atoms with Crippen molar-refractivity contribution in [3.8, 4) is 5.75 Å². The number of rotatable bonds is 7. The van der Waals surface area contributed by atoms with Crippen LogP contribution in [0.15, 0.2) is 72.1 Å². The molecule has 1 aromatic heterocycles. The highest BCUT2D eigenvalue weighted by Gasteiger charge is 2.36. The van der Waals surface area contributed by atoms with Crippen LogP contribution in [0.1, 0.15) is 38.2 Å². The summed E-state index contributed by atoms with van der Waals surface area (Å²) >= 11 is 0. The summed E-state index contributed by atoms with van der Waals surface area (Å²) in [4.78, 5) is 24.4. The number of nitrogen functional groups attached to an aromatic ring is 1. The normalized spacial score (nSPS) is 14.7. The molecule has 1 amide bonds. The van der Waals surface area contributed by atoms with Gasteiger partial charge in [-0.15, -0.1) is 0 Å². The second-order valence-corrected chi connectivity index (χ2v) is 9.71. The second-order valence-electron chi connectivity index (χ2n) is 9.71. The number of anilines is 3. The molecular weight excluding hydrogens is 495 g/mol. The molecule has 4 aromatic rings. The molecule has 198 valence electrons. The van der Waals surface area contributed by atoms with E-state index in [1.165, 1.54) is 18.5 Å². The Balaban J connectivity index is 1.56. The molecule has 9 heteroatoms. The van der Waals surface area contributed by atoms with E-state index in [9.17, 15) is 14.3 Å². The molecule has 1 unspecified atom stereocenters. The standard InChI is InChI=1S/C30H29FN6O2/c1-18-7-4-5-10-26(18)37-23(14-21-9-6-8-19(2)27(21)30(37)39)16-36(33-3)29-25(28(32)34-17-35-29)13-20-11-22(31)15-24(38)12-20/h4-12,15,17,23,38H,3,13-14,16H2,1-2H3,(H2,32,34,35). The predicted molar refractivity (Wildman–Crippen MR) is 151 cm³/mol. The first-order valence-corrected chi connectivity index (χ1v) is 12.6. The Hall–Kier alpha value is -4.79. The number of halogens is 1. The van der Waals surface area contributed by atoms with Crippen molar-refractivity contribution in [1.82, 2.24) is 9.97 Å². The summed E-state index contributed by atoms with van der Waals surface area (Å²) in [5.41, 5.74) is 11.7. The summed E-state index contributed by atoms with van der Waals surface area (Å²) in [5, 5.41) is 15.8.